The van der Waals surface area contributed by atoms with Gasteiger partial charge in [0, 0.05) is 18.3 Å². The number of fused-ring (bicyclic) bond motifs is 1. The van der Waals surface area contributed by atoms with Crippen molar-refractivity contribution in [3.8, 4) is 23.0 Å². The van der Waals surface area contributed by atoms with Crippen molar-refractivity contribution >= 4 is 35.6 Å². The summed E-state index contributed by atoms with van der Waals surface area (Å²) in [5, 5.41) is 6.54. The Morgan fingerprint density at radius 1 is 1.07 bits per heavy atom. The zero-order valence-corrected chi connectivity index (χ0v) is 18.6. The summed E-state index contributed by atoms with van der Waals surface area (Å²) in [5.74, 6) is 3.61. The van der Waals surface area contributed by atoms with Gasteiger partial charge in [-0.2, -0.15) is 0 Å². The highest BCUT2D eigenvalue weighted by molar-refractivity contribution is 14.0. The molecule has 28 heavy (non-hydrogen) atoms. The van der Waals surface area contributed by atoms with Crippen LogP contribution in [0.2, 0.25) is 0 Å². The molecule has 8 heteroatoms. The van der Waals surface area contributed by atoms with Crippen LogP contribution in [0.15, 0.2) is 41.4 Å². The molecule has 0 bridgehead atoms. The summed E-state index contributed by atoms with van der Waals surface area (Å²) in [7, 11) is 1.63. The molecule has 7 nitrogen and oxygen atoms in total. The van der Waals surface area contributed by atoms with E-state index in [1.807, 2.05) is 50.2 Å². The number of rotatable bonds is 7. The van der Waals surface area contributed by atoms with Gasteiger partial charge in [-0.3, -0.25) is 0 Å². The number of nitrogens with zero attached hydrogens (tertiary/aromatic N) is 1. The molecule has 1 heterocycles. The van der Waals surface area contributed by atoms with Gasteiger partial charge in [-0.1, -0.05) is 6.07 Å². The van der Waals surface area contributed by atoms with E-state index in [0.717, 1.165) is 29.3 Å². The fraction of sp³-hybridized carbons (Fsp3) is 0.350. The van der Waals surface area contributed by atoms with Crippen molar-refractivity contribution in [2.24, 2.45) is 4.99 Å². The molecule has 0 aromatic heterocycles. The van der Waals surface area contributed by atoms with Gasteiger partial charge in [0.2, 0.25) is 6.79 Å². The normalized spacial score (nSPS) is 12.2. The minimum atomic E-state index is 0. The largest absolute Gasteiger partial charge is 0.493 e. The molecule has 152 valence electrons. The zero-order chi connectivity index (χ0) is 19.1. The predicted molar refractivity (Wildman–Crippen MR) is 121 cm³/mol. The standard InChI is InChI=1S/C20H25N3O4.HI/c1-4-21-20(22-12-14-6-8-17-18(10-14)27-13-26-17)23-15-7-9-16(24-3)19(11-15)25-5-2;/h6-11H,4-5,12-13H2,1-3H3,(H2,21,22,23);1H. The molecule has 2 N–H and O–H groups in total. The van der Waals surface area contributed by atoms with E-state index in [0.29, 0.717) is 30.6 Å². The molecule has 0 amide bonds. The Labute approximate surface area is 182 Å². The Morgan fingerprint density at radius 3 is 2.64 bits per heavy atom. The minimum Gasteiger partial charge on any atom is -0.493 e. The predicted octanol–water partition coefficient (Wildman–Crippen LogP) is 4.02. The molecule has 0 fully saturated rings. The quantitative estimate of drug-likeness (QED) is 0.341. The topological polar surface area (TPSA) is 73.3 Å². The second kappa shape index (κ2) is 10.8. The van der Waals surface area contributed by atoms with E-state index in [1.54, 1.807) is 7.11 Å². The van der Waals surface area contributed by atoms with Crippen LogP contribution in [-0.4, -0.2) is 33.0 Å². The molecule has 0 saturated carbocycles. The summed E-state index contributed by atoms with van der Waals surface area (Å²) >= 11 is 0. The lowest BCUT2D eigenvalue weighted by atomic mass is 10.2. The van der Waals surface area contributed by atoms with E-state index in [2.05, 4.69) is 15.6 Å². The molecular formula is C20H26IN3O4. The van der Waals surface area contributed by atoms with Crippen LogP contribution in [-0.2, 0) is 6.54 Å². The number of methoxy groups -OCH3 is 1. The second-order valence-electron chi connectivity index (χ2n) is 5.81. The van der Waals surface area contributed by atoms with Crippen LogP contribution < -0.4 is 29.6 Å². The van der Waals surface area contributed by atoms with Crippen LogP contribution >= 0.6 is 24.0 Å². The van der Waals surface area contributed by atoms with Gasteiger partial charge >= 0.3 is 0 Å². The average molecular weight is 499 g/mol. The van der Waals surface area contributed by atoms with E-state index >= 15 is 0 Å². The number of nitrogens with one attached hydrogen (secondary N) is 2. The first-order valence-corrected chi connectivity index (χ1v) is 8.98. The van der Waals surface area contributed by atoms with Crippen molar-refractivity contribution in [2.45, 2.75) is 20.4 Å². The van der Waals surface area contributed by atoms with Crippen LogP contribution in [0.25, 0.3) is 0 Å². The number of hydrogen-bond donors (Lipinski definition) is 2. The molecular weight excluding hydrogens is 473 g/mol. The van der Waals surface area contributed by atoms with E-state index < -0.39 is 0 Å². The zero-order valence-electron chi connectivity index (χ0n) is 16.3. The minimum absolute atomic E-state index is 0. The number of hydrogen-bond acceptors (Lipinski definition) is 5. The fourth-order valence-electron chi connectivity index (χ4n) is 2.68. The van der Waals surface area contributed by atoms with Gasteiger partial charge in [0.25, 0.3) is 0 Å². The van der Waals surface area contributed by atoms with Gasteiger partial charge in [0.05, 0.1) is 20.3 Å². The maximum Gasteiger partial charge on any atom is 0.231 e. The molecule has 2 aromatic rings. The molecule has 0 radical (unpaired) electrons. The summed E-state index contributed by atoms with van der Waals surface area (Å²) < 4.78 is 21.7. The molecule has 3 rings (SSSR count). The molecule has 0 spiro atoms. The average Bonchev–Trinajstić information content (AvgIpc) is 3.15. The summed E-state index contributed by atoms with van der Waals surface area (Å²) in [6, 6.07) is 11.5. The maximum atomic E-state index is 5.63. The third kappa shape index (κ3) is 5.57. The number of benzene rings is 2. The van der Waals surface area contributed by atoms with Crippen LogP contribution in [0, 0.1) is 0 Å². The van der Waals surface area contributed by atoms with Crippen LogP contribution in [0.1, 0.15) is 19.4 Å². The third-order valence-corrected chi connectivity index (χ3v) is 3.93. The summed E-state index contributed by atoms with van der Waals surface area (Å²) in [6.07, 6.45) is 0. The molecule has 0 atom stereocenters. The Balaban J connectivity index is 0.00000280. The number of ether oxygens (including phenoxy) is 4. The lowest BCUT2D eigenvalue weighted by molar-refractivity contribution is 0.174. The van der Waals surface area contributed by atoms with Gasteiger partial charge in [-0.05, 0) is 43.7 Å². The highest BCUT2D eigenvalue weighted by atomic mass is 127. The van der Waals surface area contributed by atoms with Crippen molar-refractivity contribution in [1.29, 1.82) is 0 Å². The first-order valence-electron chi connectivity index (χ1n) is 8.98. The van der Waals surface area contributed by atoms with Crippen LogP contribution in [0.5, 0.6) is 23.0 Å². The van der Waals surface area contributed by atoms with Crippen molar-refractivity contribution in [3.63, 3.8) is 0 Å². The Morgan fingerprint density at radius 2 is 1.89 bits per heavy atom. The third-order valence-electron chi connectivity index (χ3n) is 3.93. The SMILES string of the molecule is CCNC(=NCc1ccc2c(c1)OCO2)Nc1ccc(OC)c(OCC)c1.I. The Kier molecular flexibility index (Phi) is 8.49. The molecule has 0 unspecified atom stereocenters. The summed E-state index contributed by atoms with van der Waals surface area (Å²) in [5.41, 5.74) is 1.91. The van der Waals surface area contributed by atoms with Crippen molar-refractivity contribution < 1.29 is 18.9 Å². The van der Waals surface area contributed by atoms with Crippen LogP contribution in [0.4, 0.5) is 5.69 Å². The smallest absolute Gasteiger partial charge is 0.231 e. The monoisotopic (exact) mass is 499 g/mol. The molecule has 2 aromatic carbocycles. The first-order chi connectivity index (χ1) is 13.2. The lowest BCUT2D eigenvalue weighted by Gasteiger charge is -2.14. The van der Waals surface area contributed by atoms with Gasteiger partial charge in [0.15, 0.2) is 29.0 Å². The van der Waals surface area contributed by atoms with Gasteiger partial charge in [-0.25, -0.2) is 4.99 Å². The van der Waals surface area contributed by atoms with E-state index in [1.165, 1.54) is 0 Å². The van der Waals surface area contributed by atoms with Crippen LogP contribution in [0.3, 0.4) is 0 Å². The highest BCUT2D eigenvalue weighted by Gasteiger charge is 2.13. The van der Waals surface area contributed by atoms with Gasteiger partial charge in [-0.15, -0.1) is 24.0 Å². The van der Waals surface area contributed by atoms with Gasteiger partial charge in [0.1, 0.15) is 0 Å². The fourth-order valence-corrected chi connectivity index (χ4v) is 2.68. The molecule has 0 saturated heterocycles. The van der Waals surface area contributed by atoms with Crippen molar-refractivity contribution in [2.75, 3.05) is 32.4 Å². The summed E-state index contributed by atoms with van der Waals surface area (Å²) in [6.45, 7) is 6.07. The van der Waals surface area contributed by atoms with Crippen molar-refractivity contribution in [3.05, 3.63) is 42.0 Å². The van der Waals surface area contributed by atoms with E-state index in [4.69, 9.17) is 18.9 Å². The Bertz CT molecular complexity index is 814. The maximum absolute atomic E-state index is 5.63. The first kappa shape index (κ1) is 21.9. The number of anilines is 1. The number of aliphatic imine (C=N–C) groups is 1. The van der Waals surface area contributed by atoms with E-state index in [9.17, 15) is 0 Å². The van der Waals surface area contributed by atoms with Crippen molar-refractivity contribution in [1.82, 2.24) is 5.32 Å². The van der Waals surface area contributed by atoms with E-state index in [-0.39, 0.29) is 30.8 Å². The summed E-state index contributed by atoms with van der Waals surface area (Å²) in [4.78, 5) is 4.65. The number of halogens is 1. The van der Waals surface area contributed by atoms with Gasteiger partial charge < -0.3 is 29.6 Å². The molecule has 1 aliphatic rings. The molecule has 1 aliphatic heterocycles. The number of guanidine groups is 1. The highest BCUT2D eigenvalue weighted by Crippen LogP contribution is 2.33. The second-order valence-corrected chi connectivity index (χ2v) is 5.81. The Hall–Kier alpha value is -2.36. The lowest BCUT2D eigenvalue weighted by Crippen LogP contribution is -2.30. The molecule has 0 aliphatic carbocycles.